The van der Waals surface area contributed by atoms with Gasteiger partial charge in [-0.1, -0.05) is 30.3 Å². The number of nitrogens with one attached hydrogen (secondary N) is 2. The standard InChI is InChI=1S/C18H20N4O4S/c19-17(24)21-16-13(9-14(27-16)11-5-2-1-3-6-11)15(23)20-12-7-4-8-22(10-12)18(25)26/h1-3,5-6,9,12H,4,7-8,10H2,(H,20,23)(H,25,26)(H3,19,21,24)/t12-/m0/s1. The van der Waals surface area contributed by atoms with Gasteiger partial charge in [0.1, 0.15) is 5.00 Å². The molecule has 1 fully saturated rings. The average molecular weight is 388 g/mol. The zero-order chi connectivity index (χ0) is 19.4. The van der Waals surface area contributed by atoms with E-state index in [2.05, 4.69) is 10.6 Å². The van der Waals surface area contributed by atoms with Gasteiger partial charge in [-0.2, -0.15) is 0 Å². The number of carboxylic acid groups (broad SMARTS) is 1. The van der Waals surface area contributed by atoms with Gasteiger partial charge < -0.3 is 21.1 Å². The summed E-state index contributed by atoms with van der Waals surface area (Å²) in [6.07, 6.45) is 0.388. The van der Waals surface area contributed by atoms with Gasteiger partial charge >= 0.3 is 12.1 Å². The minimum absolute atomic E-state index is 0.245. The van der Waals surface area contributed by atoms with E-state index in [9.17, 15) is 14.4 Å². The molecule has 0 radical (unpaired) electrons. The van der Waals surface area contributed by atoms with Gasteiger partial charge in [0.05, 0.1) is 5.56 Å². The van der Waals surface area contributed by atoms with E-state index in [-0.39, 0.29) is 18.5 Å². The second-order valence-corrected chi connectivity index (χ2v) is 7.30. The number of benzene rings is 1. The molecule has 1 aromatic carbocycles. The summed E-state index contributed by atoms with van der Waals surface area (Å²) in [5, 5.41) is 14.9. The minimum Gasteiger partial charge on any atom is -0.465 e. The Bertz CT molecular complexity index is 852. The Morgan fingerprint density at radius 3 is 2.63 bits per heavy atom. The Morgan fingerprint density at radius 1 is 1.22 bits per heavy atom. The van der Waals surface area contributed by atoms with Gasteiger partial charge in [0.2, 0.25) is 0 Å². The molecular formula is C18H20N4O4S. The van der Waals surface area contributed by atoms with Gasteiger partial charge in [0.25, 0.3) is 5.91 Å². The van der Waals surface area contributed by atoms with E-state index >= 15 is 0 Å². The van der Waals surface area contributed by atoms with Crippen molar-refractivity contribution in [3.63, 3.8) is 0 Å². The first kappa shape index (κ1) is 18.7. The third-order valence-electron chi connectivity index (χ3n) is 4.30. The lowest BCUT2D eigenvalue weighted by molar-refractivity contribution is 0.0889. The summed E-state index contributed by atoms with van der Waals surface area (Å²) in [6, 6.07) is 10.2. The number of amides is 4. The number of primary amides is 1. The zero-order valence-electron chi connectivity index (χ0n) is 14.5. The minimum atomic E-state index is -0.994. The third kappa shape index (κ3) is 4.56. The van der Waals surface area contributed by atoms with Crippen LogP contribution in [0.25, 0.3) is 10.4 Å². The van der Waals surface area contributed by atoms with Crippen LogP contribution in [0.1, 0.15) is 23.2 Å². The first-order chi connectivity index (χ1) is 12.9. The molecule has 2 heterocycles. The summed E-state index contributed by atoms with van der Waals surface area (Å²) in [7, 11) is 0. The maximum Gasteiger partial charge on any atom is 0.407 e. The van der Waals surface area contributed by atoms with Gasteiger partial charge in [-0.05, 0) is 24.5 Å². The number of hydrogen-bond acceptors (Lipinski definition) is 4. The highest BCUT2D eigenvalue weighted by atomic mass is 32.1. The van der Waals surface area contributed by atoms with Gasteiger partial charge in [-0.3, -0.25) is 10.1 Å². The maximum absolute atomic E-state index is 12.8. The molecule has 142 valence electrons. The summed E-state index contributed by atoms with van der Waals surface area (Å²) in [4.78, 5) is 37.3. The van der Waals surface area contributed by atoms with E-state index in [0.29, 0.717) is 30.0 Å². The lowest BCUT2D eigenvalue weighted by Crippen LogP contribution is -2.49. The predicted molar refractivity (Wildman–Crippen MR) is 103 cm³/mol. The molecule has 1 aliphatic rings. The number of nitrogens with two attached hydrogens (primary N) is 1. The molecule has 27 heavy (non-hydrogen) atoms. The van der Waals surface area contributed by atoms with Crippen molar-refractivity contribution < 1.29 is 19.5 Å². The fourth-order valence-corrected chi connectivity index (χ4v) is 4.10. The second-order valence-electron chi connectivity index (χ2n) is 6.25. The Balaban J connectivity index is 1.81. The van der Waals surface area contributed by atoms with Crippen LogP contribution in [0.4, 0.5) is 14.6 Å². The molecule has 1 atom stereocenters. The summed E-state index contributed by atoms with van der Waals surface area (Å²) in [5.41, 5.74) is 6.46. The number of urea groups is 1. The van der Waals surface area contributed by atoms with Gasteiger partial charge in [0.15, 0.2) is 0 Å². The number of piperidine rings is 1. The van der Waals surface area contributed by atoms with Crippen LogP contribution in [-0.4, -0.2) is 47.2 Å². The van der Waals surface area contributed by atoms with Crippen molar-refractivity contribution in [2.75, 3.05) is 18.4 Å². The van der Waals surface area contributed by atoms with E-state index in [1.165, 1.54) is 16.2 Å². The first-order valence-electron chi connectivity index (χ1n) is 8.48. The molecule has 3 rings (SSSR count). The van der Waals surface area contributed by atoms with E-state index in [4.69, 9.17) is 10.8 Å². The van der Waals surface area contributed by atoms with Crippen molar-refractivity contribution >= 4 is 34.4 Å². The number of thiophene rings is 1. The highest BCUT2D eigenvalue weighted by molar-refractivity contribution is 7.20. The Labute approximate surface area is 160 Å². The summed E-state index contributed by atoms with van der Waals surface area (Å²) in [5.74, 6) is -0.366. The molecule has 2 aromatic rings. The second kappa shape index (κ2) is 8.09. The van der Waals surface area contributed by atoms with Crippen molar-refractivity contribution in [2.45, 2.75) is 18.9 Å². The van der Waals surface area contributed by atoms with Crippen molar-refractivity contribution in [1.29, 1.82) is 0 Å². The normalized spacial score (nSPS) is 16.6. The SMILES string of the molecule is NC(=O)Nc1sc(-c2ccccc2)cc1C(=O)N[C@H]1CCCN(C(=O)O)C1. The molecular weight excluding hydrogens is 368 g/mol. The van der Waals surface area contributed by atoms with E-state index in [0.717, 1.165) is 10.4 Å². The number of rotatable bonds is 4. The van der Waals surface area contributed by atoms with Crippen LogP contribution >= 0.6 is 11.3 Å². The van der Waals surface area contributed by atoms with Gasteiger partial charge in [0, 0.05) is 24.0 Å². The van der Waals surface area contributed by atoms with Crippen LogP contribution in [0, 0.1) is 0 Å². The molecule has 0 aliphatic carbocycles. The number of likely N-dealkylation sites (tertiary alicyclic amines) is 1. The molecule has 0 unspecified atom stereocenters. The Morgan fingerprint density at radius 2 is 1.96 bits per heavy atom. The smallest absolute Gasteiger partial charge is 0.407 e. The summed E-state index contributed by atoms with van der Waals surface area (Å²) >= 11 is 1.26. The molecule has 5 N–H and O–H groups in total. The van der Waals surface area contributed by atoms with E-state index < -0.39 is 12.1 Å². The quantitative estimate of drug-likeness (QED) is 0.643. The number of carbonyl (C=O) groups is 3. The topological polar surface area (TPSA) is 125 Å². The molecule has 0 saturated carbocycles. The third-order valence-corrected chi connectivity index (χ3v) is 5.40. The summed E-state index contributed by atoms with van der Waals surface area (Å²) in [6.45, 7) is 0.710. The molecule has 1 aromatic heterocycles. The van der Waals surface area contributed by atoms with Crippen LogP contribution in [-0.2, 0) is 0 Å². The first-order valence-corrected chi connectivity index (χ1v) is 9.30. The fourth-order valence-electron chi connectivity index (χ4n) is 3.04. The zero-order valence-corrected chi connectivity index (χ0v) is 15.3. The largest absolute Gasteiger partial charge is 0.465 e. The van der Waals surface area contributed by atoms with E-state index in [1.54, 1.807) is 6.07 Å². The Kier molecular flexibility index (Phi) is 5.60. The van der Waals surface area contributed by atoms with Crippen molar-refractivity contribution in [1.82, 2.24) is 10.2 Å². The van der Waals surface area contributed by atoms with Gasteiger partial charge in [-0.25, -0.2) is 9.59 Å². The highest BCUT2D eigenvalue weighted by Gasteiger charge is 2.26. The van der Waals surface area contributed by atoms with Crippen molar-refractivity contribution in [2.24, 2.45) is 5.73 Å². The number of anilines is 1. The number of hydrogen-bond donors (Lipinski definition) is 4. The molecule has 8 nitrogen and oxygen atoms in total. The lowest BCUT2D eigenvalue weighted by Gasteiger charge is -2.31. The van der Waals surface area contributed by atoms with Crippen molar-refractivity contribution in [3.8, 4) is 10.4 Å². The molecule has 0 spiro atoms. The van der Waals surface area contributed by atoms with Crippen LogP contribution in [0.15, 0.2) is 36.4 Å². The highest BCUT2D eigenvalue weighted by Crippen LogP contribution is 2.35. The molecule has 4 amide bonds. The van der Waals surface area contributed by atoms with Crippen molar-refractivity contribution in [3.05, 3.63) is 42.0 Å². The van der Waals surface area contributed by atoms with Crippen LogP contribution in [0.2, 0.25) is 0 Å². The molecule has 1 saturated heterocycles. The molecule has 1 aliphatic heterocycles. The summed E-state index contributed by atoms with van der Waals surface area (Å²) < 4.78 is 0. The average Bonchev–Trinajstić information content (AvgIpc) is 3.06. The lowest BCUT2D eigenvalue weighted by atomic mass is 10.1. The number of nitrogens with zero attached hydrogens (tertiary/aromatic N) is 1. The van der Waals surface area contributed by atoms with Crippen LogP contribution in [0.5, 0.6) is 0 Å². The Hall–Kier alpha value is -3.07. The van der Waals surface area contributed by atoms with E-state index in [1.807, 2.05) is 30.3 Å². The molecule has 9 heteroatoms. The molecule has 0 bridgehead atoms. The maximum atomic E-state index is 12.8. The van der Waals surface area contributed by atoms with Crippen LogP contribution < -0.4 is 16.4 Å². The van der Waals surface area contributed by atoms with Crippen LogP contribution in [0.3, 0.4) is 0 Å². The monoisotopic (exact) mass is 388 g/mol. The number of carbonyl (C=O) groups excluding carboxylic acids is 2. The van der Waals surface area contributed by atoms with Gasteiger partial charge in [-0.15, -0.1) is 11.3 Å². The predicted octanol–water partition coefficient (Wildman–Crippen LogP) is 2.78. The fraction of sp³-hybridized carbons (Fsp3) is 0.278.